The van der Waals surface area contributed by atoms with Crippen LogP contribution in [0.1, 0.15) is 19.8 Å². The number of esters is 1. The monoisotopic (exact) mass is 290 g/mol. The Hall–Kier alpha value is -1.22. The molecule has 0 aromatic rings. The molecule has 1 aliphatic heterocycles. The lowest BCUT2D eigenvalue weighted by molar-refractivity contribution is -0.468. The van der Waals surface area contributed by atoms with Crippen molar-refractivity contribution in [1.82, 2.24) is 0 Å². The SMILES string of the molecule is C=CC(=O)OC1(C)CC(F)(F)OC(O)(C(F)(F)F)C1. The van der Waals surface area contributed by atoms with Crippen LogP contribution in [0.3, 0.4) is 0 Å². The molecule has 0 aromatic carbocycles. The van der Waals surface area contributed by atoms with E-state index in [2.05, 4.69) is 16.1 Å². The summed E-state index contributed by atoms with van der Waals surface area (Å²) in [6.07, 6.45) is -11.8. The average Bonchev–Trinajstić information content (AvgIpc) is 2.10. The average molecular weight is 290 g/mol. The largest absolute Gasteiger partial charge is 0.456 e. The van der Waals surface area contributed by atoms with Crippen LogP contribution in [-0.4, -0.2) is 34.7 Å². The van der Waals surface area contributed by atoms with Crippen LogP contribution in [0.15, 0.2) is 12.7 Å². The van der Waals surface area contributed by atoms with Crippen LogP contribution < -0.4 is 0 Å². The van der Waals surface area contributed by atoms with Crippen molar-refractivity contribution in [2.75, 3.05) is 0 Å². The van der Waals surface area contributed by atoms with Crippen molar-refractivity contribution in [2.24, 2.45) is 0 Å². The Bertz CT molecular complexity index is 394. The third-order valence-electron chi connectivity index (χ3n) is 2.47. The first kappa shape index (κ1) is 15.8. The molecule has 0 bridgehead atoms. The second-order valence-corrected chi connectivity index (χ2v) is 4.45. The van der Waals surface area contributed by atoms with Crippen LogP contribution in [0, 0.1) is 0 Å². The molecule has 2 unspecified atom stereocenters. The number of alkyl halides is 5. The predicted molar refractivity (Wildman–Crippen MR) is 51.0 cm³/mol. The summed E-state index contributed by atoms with van der Waals surface area (Å²) >= 11 is 0. The van der Waals surface area contributed by atoms with Gasteiger partial charge >= 0.3 is 18.3 Å². The van der Waals surface area contributed by atoms with Gasteiger partial charge in [-0.2, -0.15) is 22.0 Å². The smallest absolute Gasteiger partial charge is 0.443 e. The standard InChI is InChI=1S/C10H11F5O4/c1-3-6(16)18-7(2)4-8(17,10(13,14)15)19-9(11,12)5-7/h3,17H,1,4-5H2,2H3. The maximum Gasteiger partial charge on any atom is 0.443 e. The van der Waals surface area contributed by atoms with Crippen LogP contribution >= 0.6 is 0 Å². The molecule has 1 N–H and O–H groups in total. The summed E-state index contributed by atoms with van der Waals surface area (Å²) < 4.78 is 71.9. The van der Waals surface area contributed by atoms with Gasteiger partial charge in [0.25, 0.3) is 5.79 Å². The molecule has 0 spiro atoms. The first-order chi connectivity index (χ1) is 8.33. The molecule has 19 heavy (non-hydrogen) atoms. The van der Waals surface area contributed by atoms with Crippen molar-refractivity contribution in [3.63, 3.8) is 0 Å². The highest BCUT2D eigenvalue weighted by Gasteiger charge is 2.67. The number of aliphatic hydroxyl groups is 1. The predicted octanol–water partition coefficient (Wildman–Crippen LogP) is 2.13. The number of carbonyl (C=O) groups excluding carboxylic acids is 1. The Labute approximate surface area is 104 Å². The van der Waals surface area contributed by atoms with Gasteiger partial charge in [0.2, 0.25) is 0 Å². The van der Waals surface area contributed by atoms with Crippen LogP contribution in [0.2, 0.25) is 0 Å². The Morgan fingerprint density at radius 2 is 1.95 bits per heavy atom. The van der Waals surface area contributed by atoms with E-state index in [1.54, 1.807) is 0 Å². The van der Waals surface area contributed by atoms with Gasteiger partial charge in [-0.25, -0.2) is 4.79 Å². The van der Waals surface area contributed by atoms with E-state index < -0.39 is 42.5 Å². The molecule has 0 aromatic heterocycles. The van der Waals surface area contributed by atoms with Gasteiger partial charge in [0.1, 0.15) is 5.60 Å². The van der Waals surface area contributed by atoms with Gasteiger partial charge < -0.3 is 9.84 Å². The second-order valence-electron chi connectivity index (χ2n) is 4.45. The summed E-state index contributed by atoms with van der Waals surface area (Å²) in [6.45, 7) is 3.85. The van der Waals surface area contributed by atoms with Crippen molar-refractivity contribution >= 4 is 5.97 Å². The molecule has 1 fully saturated rings. The number of rotatable bonds is 2. The minimum atomic E-state index is -5.46. The molecule has 1 saturated heterocycles. The molecule has 4 nitrogen and oxygen atoms in total. The first-order valence-corrected chi connectivity index (χ1v) is 5.05. The summed E-state index contributed by atoms with van der Waals surface area (Å²) in [4.78, 5) is 11.0. The fourth-order valence-corrected chi connectivity index (χ4v) is 1.84. The number of carbonyl (C=O) groups is 1. The third kappa shape index (κ3) is 3.41. The highest BCUT2D eigenvalue weighted by Crippen LogP contribution is 2.49. The van der Waals surface area contributed by atoms with Crippen LogP contribution in [0.4, 0.5) is 22.0 Å². The van der Waals surface area contributed by atoms with Crippen molar-refractivity contribution in [3.8, 4) is 0 Å². The molecule has 0 saturated carbocycles. The molecule has 0 radical (unpaired) electrons. The van der Waals surface area contributed by atoms with Crippen molar-refractivity contribution in [3.05, 3.63) is 12.7 Å². The zero-order chi connectivity index (χ0) is 15.1. The summed E-state index contributed by atoms with van der Waals surface area (Å²) in [5, 5.41) is 9.22. The van der Waals surface area contributed by atoms with Crippen molar-refractivity contribution < 1.29 is 41.3 Å². The highest BCUT2D eigenvalue weighted by molar-refractivity contribution is 5.81. The Balaban J connectivity index is 3.09. The lowest BCUT2D eigenvalue weighted by Crippen LogP contribution is -2.61. The van der Waals surface area contributed by atoms with E-state index in [1.165, 1.54) is 0 Å². The number of halogens is 5. The highest BCUT2D eigenvalue weighted by atomic mass is 19.4. The van der Waals surface area contributed by atoms with E-state index in [1.807, 2.05) is 0 Å². The van der Waals surface area contributed by atoms with E-state index in [0.29, 0.717) is 6.08 Å². The summed E-state index contributed by atoms with van der Waals surface area (Å²) in [6, 6.07) is 0. The van der Waals surface area contributed by atoms with Crippen molar-refractivity contribution in [1.29, 1.82) is 0 Å². The second kappa shape index (κ2) is 4.41. The van der Waals surface area contributed by atoms with Crippen molar-refractivity contribution in [2.45, 2.75) is 43.4 Å². The maximum absolute atomic E-state index is 13.2. The van der Waals surface area contributed by atoms with Crippen LogP contribution in [0.25, 0.3) is 0 Å². The van der Waals surface area contributed by atoms with E-state index in [4.69, 9.17) is 0 Å². The van der Waals surface area contributed by atoms with Gasteiger partial charge in [-0.3, -0.25) is 4.74 Å². The number of ether oxygens (including phenoxy) is 2. The minimum Gasteiger partial charge on any atom is -0.456 e. The van der Waals surface area contributed by atoms with Gasteiger partial charge in [0.05, 0.1) is 12.8 Å². The number of hydrogen-bond donors (Lipinski definition) is 1. The zero-order valence-electron chi connectivity index (χ0n) is 9.76. The minimum absolute atomic E-state index is 0.617. The van der Waals surface area contributed by atoms with E-state index in [0.717, 1.165) is 6.92 Å². The first-order valence-electron chi connectivity index (χ1n) is 5.05. The molecular weight excluding hydrogens is 279 g/mol. The summed E-state index contributed by atoms with van der Waals surface area (Å²) in [5.74, 6) is -5.27. The van der Waals surface area contributed by atoms with Gasteiger partial charge in [-0.1, -0.05) is 6.58 Å². The lowest BCUT2D eigenvalue weighted by Gasteiger charge is -2.45. The molecule has 0 aliphatic carbocycles. The molecule has 1 rings (SSSR count). The fraction of sp³-hybridized carbons (Fsp3) is 0.700. The maximum atomic E-state index is 13.2. The fourth-order valence-electron chi connectivity index (χ4n) is 1.84. The van der Waals surface area contributed by atoms with Crippen LogP contribution in [-0.2, 0) is 14.3 Å². The normalized spacial score (nSPS) is 34.7. The molecule has 0 amide bonds. The Kier molecular flexibility index (Phi) is 3.68. The Morgan fingerprint density at radius 1 is 1.42 bits per heavy atom. The third-order valence-corrected chi connectivity index (χ3v) is 2.47. The molecule has 2 atom stereocenters. The van der Waals surface area contributed by atoms with Gasteiger partial charge in [0.15, 0.2) is 0 Å². The topological polar surface area (TPSA) is 55.8 Å². The van der Waals surface area contributed by atoms with Gasteiger partial charge in [-0.15, -0.1) is 0 Å². The zero-order valence-corrected chi connectivity index (χ0v) is 9.76. The Morgan fingerprint density at radius 3 is 2.37 bits per heavy atom. The van der Waals surface area contributed by atoms with E-state index in [9.17, 15) is 31.9 Å². The molecule has 9 heteroatoms. The van der Waals surface area contributed by atoms with E-state index >= 15 is 0 Å². The van der Waals surface area contributed by atoms with Gasteiger partial charge in [0, 0.05) is 6.08 Å². The number of hydrogen-bond acceptors (Lipinski definition) is 4. The molecule has 110 valence electrons. The van der Waals surface area contributed by atoms with E-state index in [-0.39, 0.29) is 0 Å². The van der Waals surface area contributed by atoms with Crippen LogP contribution in [0.5, 0.6) is 0 Å². The summed E-state index contributed by atoms with van der Waals surface area (Å²) in [5.41, 5.74) is -2.24. The molecular formula is C10H11F5O4. The van der Waals surface area contributed by atoms with Gasteiger partial charge in [-0.05, 0) is 6.92 Å². The lowest BCUT2D eigenvalue weighted by atomic mass is 9.88. The molecule has 1 aliphatic rings. The quantitative estimate of drug-likeness (QED) is 0.481. The summed E-state index contributed by atoms with van der Waals surface area (Å²) in [7, 11) is 0. The molecule has 1 heterocycles.